The quantitative estimate of drug-likeness (QED) is 0.786. The summed E-state index contributed by atoms with van der Waals surface area (Å²) in [5.74, 6) is 0. The maximum absolute atomic E-state index is 4.96. The topological polar surface area (TPSA) is 34.1 Å². The van der Waals surface area contributed by atoms with Crippen molar-refractivity contribution in [2.24, 2.45) is 0 Å². The van der Waals surface area contributed by atoms with Crippen LogP contribution in [0.1, 0.15) is 5.56 Å². The van der Waals surface area contributed by atoms with Gasteiger partial charge in [-0.3, -0.25) is 4.98 Å². The molecular formula is C11H14N2OS. The third-order valence-electron chi connectivity index (χ3n) is 2.17. The van der Waals surface area contributed by atoms with Crippen LogP contribution in [-0.2, 0) is 11.3 Å². The first-order chi connectivity index (χ1) is 7.40. The Morgan fingerprint density at radius 1 is 1.53 bits per heavy atom. The van der Waals surface area contributed by atoms with Crippen LogP contribution in [0.5, 0.6) is 0 Å². The molecule has 0 aliphatic carbocycles. The monoisotopic (exact) mass is 222 g/mol. The highest BCUT2D eigenvalue weighted by molar-refractivity contribution is 7.17. The second kappa shape index (κ2) is 5.21. The molecule has 15 heavy (non-hydrogen) atoms. The number of hydrogen-bond donors (Lipinski definition) is 1. The molecule has 2 heterocycles. The van der Waals surface area contributed by atoms with Gasteiger partial charge in [0.25, 0.3) is 0 Å². The Kier molecular flexibility index (Phi) is 3.66. The van der Waals surface area contributed by atoms with E-state index in [1.807, 2.05) is 12.3 Å². The van der Waals surface area contributed by atoms with E-state index in [0.29, 0.717) is 0 Å². The fourth-order valence-corrected chi connectivity index (χ4v) is 2.20. The summed E-state index contributed by atoms with van der Waals surface area (Å²) >= 11 is 1.73. The molecular weight excluding hydrogens is 208 g/mol. The highest BCUT2D eigenvalue weighted by atomic mass is 32.1. The van der Waals surface area contributed by atoms with Crippen LogP contribution >= 0.6 is 11.3 Å². The third-order valence-corrected chi connectivity index (χ3v) is 3.02. The summed E-state index contributed by atoms with van der Waals surface area (Å²) in [6.07, 6.45) is 1.93. The second-order valence-electron chi connectivity index (χ2n) is 3.32. The zero-order valence-corrected chi connectivity index (χ0v) is 9.51. The van der Waals surface area contributed by atoms with Crippen molar-refractivity contribution >= 4 is 21.6 Å². The molecule has 0 saturated heterocycles. The number of thiophene rings is 1. The number of rotatable bonds is 5. The van der Waals surface area contributed by atoms with Crippen LogP contribution in [0.15, 0.2) is 23.7 Å². The van der Waals surface area contributed by atoms with Gasteiger partial charge in [0.2, 0.25) is 0 Å². The molecule has 0 aromatic carbocycles. The van der Waals surface area contributed by atoms with Gasteiger partial charge in [-0.2, -0.15) is 0 Å². The van der Waals surface area contributed by atoms with Gasteiger partial charge in [-0.15, -0.1) is 11.3 Å². The molecule has 0 unspecified atom stereocenters. The van der Waals surface area contributed by atoms with E-state index in [1.54, 1.807) is 18.4 Å². The minimum Gasteiger partial charge on any atom is -0.383 e. The van der Waals surface area contributed by atoms with Crippen LogP contribution in [0.25, 0.3) is 10.2 Å². The maximum atomic E-state index is 4.96. The van der Waals surface area contributed by atoms with Crippen molar-refractivity contribution < 1.29 is 4.74 Å². The first-order valence-corrected chi connectivity index (χ1v) is 5.80. The first-order valence-electron chi connectivity index (χ1n) is 4.92. The molecule has 0 spiro atoms. The molecule has 80 valence electrons. The first kappa shape index (κ1) is 10.5. The highest BCUT2D eigenvalue weighted by Gasteiger charge is 1.98. The van der Waals surface area contributed by atoms with Crippen molar-refractivity contribution in [1.82, 2.24) is 10.3 Å². The van der Waals surface area contributed by atoms with Crippen molar-refractivity contribution in [2.75, 3.05) is 20.3 Å². The molecule has 0 aliphatic rings. The third kappa shape index (κ3) is 2.75. The molecule has 3 nitrogen and oxygen atoms in total. The van der Waals surface area contributed by atoms with Gasteiger partial charge in [0.1, 0.15) is 0 Å². The average Bonchev–Trinajstić information content (AvgIpc) is 2.71. The molecule has 0 radical (unpaired) electrons. The van der Waals surface area contributed by atoms with Gasteiger partial charge in [-0.05, 0) is 23.1 Å². The standard InChI is InChI=1S/C11H14N2OS/c1-14-4-3-12-7-9-6-11-10(13-8-9)2-5-15-11/h2,5-6,8,12H,3-4,7H2,1H3. The summed E-state index contributed by atoms with van der Waals surface area (Å²) in [5.41, 5.74) is 2.31. The van der Waals surface area contributed by atoms with Crippen LogP contribution in [0, 0.1) is 0 Å². The number of methoxy groups -OCH3 is 1. The molecule has 0 atom stereocenters. The van der Waals surface area contributed by atoms with Gasteiger partial charge >= 0.3 is 0 Å². The highest BCUT2D eigenvalue weighted by Crippen LogP contribution is 2.19. The van der Waals surface area contributed by atoms with E-state index in [0.717, 1.165) is 25.2 Å². The Hall–Kier alpha value is -0.970. The van der Waals surface area contributed by atoms with Crippen molar-refractivity contribution in [3.63, 3.8) is 0 Å². The molecule has 2 rings (SSSR count). The van der Waals surface area contributed by atoms with Crippen LogP contribution < -0.4 is 5.32 Å². The summed E-state index contributed by atoms with van der Waals surface area (Å²) < 4.78 is 6.21. The summed E-state index contributed by atoms with van der Waals surface area (Å²) in [6, 6.07) is 4.23. The zero-order valence-electron chi connectivity index (χ0n) is 8.69. The van der Waals surface area contributed by atoms with E-state index in [-0.39, 0.29) is 0 Å². The Morgan fingerprint density at radius 3 is 3.33 bits per heavy atom. The lowest BCUT2D eigenvalue weighted by Gasteiger charge is -2.03. The van der Waals surface area contributed by atoms with Gasteiger partial charge in [-0.1, -0.05) is 0 Å². The van der Waals surface area contributed by atoms with Gasteiger partial charge < -0.3 is 10.1 Å². The van der Waals surface area contributed by atoms with Crippen LogP contribution in [0.4, 0.5) is 0 Å². The Morgan fingerprint density at radius 2 is 2.47 bits per heavy atom. The SMILES string of the molecule is COCCNCc1cnc2ccsc2c1. The van der Waals surface area contributed by atoms with E-state index >= 15 is 0 Å². The Labute approximate surface area is 93.1 Å². The minimum absolute atomic E-state index is 0.745. The number of hydrogen-bond acceptors (Lipinski definition) is 4. The van der Waals surface area contributed by atoms with Crippen LogP contribution in [0.2, 0.25) is 0 Å². The maximum Gasteiger partial charge on any atom is 0.0809 e. The van der Waals surface area contributed by atoms with E-state index in [1.165, 1.54) is 10.3 Å². The smallest absolute Gasteiger partial charge is 0.0809 e. The average molecular weight is 222 g/mol. The predicted octanol–water partition coefficient (Wildman–Crippen LogP) is 2.03. The molecule has 0 aliphatic heterocycles. The van der Waals surface area contributed by atoms with Gasteiger partial charge in [0.15, 0.2) is 0 Å². The number of nitrogens with zero attached hydrogens (tertiary/aromatic N) is 1. The lowest BCUT2D eigenvalue weighted by molar-refractivity contribution is 0.199. The molecule has 2 aromatic heterocycles. The zero-order chi connectivity index (χ0) is 10.5. The van der Waals surface area contributed by atoms with E-state index in [9.17, 15) is 0 Å². The van der Waals surface area contributed by atoms with Gasteiger partial charge in [0.05, 0.1) is 16.8 Å². The van der Waals surface area contributed by atoms with E-state index < -0.39 is 0 Å². The summed E-state index contributed by atoms with van der Waals surface area (Å²) in [4.78, 5) is 4.38. The Bertz CT molecular complexity index is 427. The van der Waals surface area contributed by atoms with Crippen molar-refractivity contribution in [3.8, 4) is 0 Å². The minimum atomic E-state index is 0.745. The molecule has 2 aromatic rings. The Balaban J connectivity index is 1.96. The molecule has 1 N–H and O–H groups in total. The van der Waals surface area contributed by atoms with Crippen LogP contribution in [-0.4, -0.2) is 25.2 Å². The van der Waals surface area contributed by atoms with Gasteiger partial charge in [-0.25, -0.2) is 0 Å². The molecule has 0 fully saturated rings. The molecule has 4 heteroatoms. The normalized spacial score (nSPS) is 11.0. The van der Waals surface area contributed by atoms with E-state index in [4.69, 9.17) is 4.74 Å². The van der Waals surface area contributed by atoms with Crippen molar-refractivity contribution in [2.45, 2.75) is 6.54 Å². The largest absolute Gasteiger partial charge is 0.383 e. The summed E-state index contributed by atoms with van der Waals surface area (Å²) in [5, 5.41) is 5.37. The number of fused-ring (bicyclic) bond motifs is 1. The van der Waals surface area contributed by atoms with Crippen LogP contribution in [0.3, 0.4) is 0 Å². The number of ether oxygens (including phenoxy) is 1. The number of nitrogens with one attached hydrogen (secondary N) is 1. The molecule has 0 amide bonds. The lowest BCUT2D eigenvalue weighted by Crippen LogP contribution is -2.18. The summed E-state index contributed by atoms with van der Waals surface area (Å²) in [7, 11) is 1.71. The second-order valence-corrected chi connectivity index (χ2v) is 4.26. The fourth-order valence-electron chi connectivity index (χ4n) is 1.39. The molecule has 0 bridgehead atoms. The molecule has 0 saturated carbocycles. The summed E-state index contributed by atoms with van der Waals surface area (Å²) in [6.45, 7) is 2.47. The fraction of sp³-hybridized carbons (Fsp3) is 0.364. The number of pyridine rings is 1. The van der Waals surface area contributed by atoms with Crippen molar-refractivity contribution in [3.05, 3.63) is 29.3 Å². The number of aromatic nitrogens is 1. The van der Waals surface area contributed by atoms with Gasteiger partial charge in [0, 0.05) is 26.4 Å². The predicted molar refractivity (Wildman–Crippen MR) is 63.2 cm³/mol. The van der Waals surface area contributed by atoms with E-state index in [2.05, 4.69) is 21.7 Å². The van der Waals surface area contributed by atoms with Crippen molar-refractivity contribution in [1.29, 1.82) is 0 Å². The lowest BCUT2D eigenvalue weighted by atomic mass is 10.2.